The van der Waals surface area contributed by atoms with Gasteiger partial charge in [0.05, 0.1) is 6.61 Å². The molecule has 0 aromatic rings. The van der Waals surface area contributed by atoms with Crippen LogP contribution in [0.2, 0.25) is 0 Å². The summed E-state index contributed by atoms with van der Waals surface area (Å²) >= 11 is 0. The predicted octanol–water partition coefficient (Wildman–Crippen LogP) is 20.8. The third-order valence-corrected chi connectivity index (χ3v) is 13.8. The number of aliphatic hydroxyl groups excluding tert-OH is 1. The summed E-state index contributed by atoms with van der Waals surface area (Å²) in [4.78, 5) is 24.5. The molecule has 1 atom stereocenters. The quantitative estimate of drug-likeness (QED) is 0.0373. The van der Waals surface area contributed by atoms with E-state index in [0.29, 0.717) is 12.8 Å². The molecule has 0 aromatic carbocycles. The highest BCUT2D eigenvalue weighted by Gasteiger charge is 2.16. The van der Waals surface area contributed by atoms with Crippen molar-refractivity contribution < 1.29 is 24.2 Å². The molecule has 0 spiro atoms. The van der Waals surface area contributed by atoms with Crippen LogP contribution < -0.4 is 0 Å². The van der Waals surface area contributed by atoms with E-state index < -0.39 is 6.10 Å². The molecule has 0 aliphatic carbocycles. The van der Waals surface area contributed by atoms with Crippen LogP contribution in [0.1, 0.15) is 328 Å². The van der Waals surface area contributed by atoms with Gasteiger partial charge in [0.25, 0.3) is 0 Å². The van der Waals surface area contributed by atoms with Gasteiger partial charge in [-0.2, -0.15) is 0 Å². The molecule has 0 radical (unpaired) electrons. The summed E-state index contributed by atoms with van der Waals surface area (Å²) in [6.07, 6.45) is 79.7. The van der Waals surface area contributed by atoms with Crippen molar-refractivity contribution in [2.45, 2.75) is 335 Å². The first-order valence-corrected chi connectivity index (χ1v) is 30.7. The highest BCUT2D eigenvalue weighted by molar-refractivity contribution is 5.70. The van der Waals surface area contributed by atoms with Crippen molar-refractivity contribution in [3.63, 3.8) is 0 Å². The Morgan fingerprint density at radius 3 is 0.870 bits per heavy atom. The van der Waals surface area contributed by atoms with Crippen LogP contribution in [0, 0.1) is 0 Å². The van der Waals surface area contributed by atoms with Crippen LogP contribution in [0.15, 0.2) is 48.6 Å². The molecule has 0 saturated carbocycles. The minimum Gasteiger partial charge on any atom is -0.462 e. The van der Waals surface area contributed by atoms with Crippen molar-refractivity contribution >= 4 is 11.9 Å². The van der Waals surface area contributed by atoms with E-state index in [1.165, 1.54) is 250 Å². The van der Waals surface area contributed by atoms with Crippen LogP contribution in [0.25, 0.3) is 0 Å². The Hall–Kier alpha value is -2.14. The number of ether oxygens (including phenoxy) is 2. The minimum atomic E-state index is -0.774. The monoisotopic (exact) mass is 967 g/mol. The molecule has 404 valence electrons. The summed E-state index contributed by atoms with van der Waals surface area (Å²) in [5.74, 6) is -0.585. The van der Waals surface area contributed by atoms with E-state index in [2.05, 4.69) is 62.5 Å². The zero-order valence-corrected chi connectivity index (χ0v) is 46.3. The molecule has 5 heteroatoms. The van der Waals surface area contributed by atoms with Crippen molar-refractivity contribution in [1.82, 2.24) is 0 Å². The summed E-state index contributed by atoms with van der Waals surface area (Å²) < 4.78 is 10.7. The summed E-state index contributed by atoms with van der Waals surface area (Å²) in [5, 5.41) is 9.65. The molecule has 0 aromatic heterocycles. The number of hydrogen-bond donors (Lipinski definition) is 1. The fourth-order valence-corrected chi connectivity index (χ4v) is 9.21. The average molecular weight is 968 g/mol. The number of unbranched alkanes of at least 4 members (excludes halogenated alkanes) is 41. The molecule has 0 fully saturated rings. The molecule has 0 amide bonds. The van der Waals surface area contributed by atoms with Crippen LogP contribution in [-0.2, 0) is 19.1 Å². The molecular weight excluding hydrogens is 849 g/mol. The van der Waals surface area contributed by atoms with E-state index in [1.807, 2.05) is 0 Å². The third-order valence-electron chi connectivity index (χ3n) is 13.8. The largest absolute Gasteiger partial charge is 0.462 e. The normalized spacial score (nSPS) is 12.4. The summed E-state index contributed by atoms with van der Waals surface area (Å²) in [7, 11) is 0. The zero-order chi connectivity index (χ0) is 49.9. The standard InChI is InChI=1S/C64H118O5/c1-3-5-7-9-11-13-15-17-19-21-23-24-25-26-27-28-29-30-31-32-33-34-35-36-37-38-39-40-41-43-45-47-49-51-53-55-57-59-64(67)69-62(60-65)61-68-63(66)58-56-54-52-50-48-46-44-42-22-20-18-16-14-12-10-8-6-4-2/h14-17,20-23,62,65H,3-13,18-19,24-61H2,1-2H3/b16-14-,17-15-,22-20-,23-21-. The van der Waals surface area contributed by atoms with Crippen molar-refractivity contribution in [3.8, 4) is 0 Å². The van der Waals surface area contributed by atoms with Gasteiger partial charge in [-0.15, -0.1) is 0 Å². The minimum absolute atomic E-state index is 0.0666. The Kier molecular flexibility index (Phi) is 58.3. The Morgan fingerprint density at radius 1 is 0.333 bits per heavy atom. The second-order valence-electron chi connectivity index (χ2n) is 20.8. The average Bonchev–Trinajstić information content (AvgIpc) is 3.35. The maximum absolute atomic E-state index is 12.3. The van der Waals surface area contributed by atoms with Gasteiger partial charge < -0.3 is 14.6 Å². The van der Waals surface area contributed by atoms with Gasteiger partial charge in [-0.05, 0) is 77.0 Å². The molecule has 0 rings (SSSR count). The fourth-order valence-electron chi connectivity index (χ4n) is 9.21. The van der Waals surface area contributed by atoms with Crippen molar-refractivity contribution in [2.24, 2.45) is 0 Å². The molecule has 0 aliphatic heterocycles. The first-order chi connectivity index (χ1) is 34.1. The Morgan fingerprint density at radius 2 is 0.580 bits per heavy atom. The van der Waals surface area contributed by atoms with Crippen LogP contribution in [0.5, 0.6) is 0 Å². The molecule has 0 aliphatic rings. The number of carbonyl (C=O) groups is 2. The molecular formula is C64H118O5. The second kappa shape index (κ2) is 60.2. The van der Waals surface area contributed by atoms with Crippen molar-refractivity contribution in [2.75, 3.05) is 13.2 Å². The molecule has 0 saturated heterocycles. The van der Waals surface area contributed by atoms with E-state index in [9.17, 15) is 14.7 Å². The van der Waals surface area contributed by atoms with E-state index in [1.54, 1.807) is 0 Å². The van der Waals surface area contributed by atoms with Crippen LogP contribution >= 0.6 is 0 Å². The Bertz CT molecular complexity index is 1140. The van der Waals surface area contributed by atoms with Crippen LogP contribution in [0.4, 0.5) is 0 Å². The number of hydrogen-bond acceptors (Lipinski definition) is 5. The summed E-state index contributed by atoms with van der Waals surface area (Å²) in [6.45, 7) is 4.14. The summed E-state index contributed by atoms with van der Waals surface area (Å²) in [5.41, 5.74) is 0. The number of aliphatic hydroxyl groups is 1. The van der Waals surface area contributed by atoms with Gasteiger partial charge >= 0.3 is 11.9 Å². The zero-order valence-electron chi connectivity index (χ0n) is 46.3. The van der Waals surface area contributed by atoms with Gasteiger partial charge in [0.1, 0.15) is 6.61 Å². The highest BCUT2D eigenvalue weighted by Crippen LogP contribution is 2.17. The van der Waals surface area contributed by atoms with Crippen LogP contribution in [-0.4, -0.2) is 36.4 Å². The van der Waals surface area contributed by atoms with Gasteiger partial charge in [0.15, 0.2) is 6.10 Å². The predicted molar refractivity (Wildman–Crippen MR) is 302 cm³/mol. The fraction of sp³-hybridized carbons (Fsp3) is 0.844. The molecule has 0 heterocycles. The van der Waals surface area contributed by atoms with E-state index in [4.69, 9.17) is 9.47 Å². The lowest BCUT2D eigenvalue weighted by Gasteiger charge is -2.15. The van der Waals surface area contributed by atoms with Crippen LogP contribution in [0.3, 0.4) is 0 Å². The molecule has 0 bridgehead atoms. The lowest BCUT2D eigenvalue weighted by Crippen LogP contribution is -2.28. The maximum Gasteiger partial charge on any atom is 0.306 e. The second-order valence-corrected chi connectivity index (χ2v) is 20.8. The van der Waals surface area contributed by atoms with E-state index in [0.717, 1.165) is 51.4 Å². The van der Waals surface area contributed by atoms with Gasteiger partial charge in [-0.3, -0.25) is 9.59 Å². The van der Waals surface area contributed by atoms with Gasteiger partial charge in [0.2, 0.25) is 0 Å². The molecule has 69 heavy (non-hydrogen) atoms. The van der Waals surface area contributed by atoms with Crippen molar-refractivity contribution in [1.29, 1.82) is 0 Å². The SMILES string of the molecule is CCCCCC/C=C\C/C=C\CCCCCCCCCC(=O)OCC(CO)OC(=O)CCCCCCCCCCCCCCCCCCCCCCCCCCC/C=C\C/C=C\CCCCCCC. The van der Waals surface area contributed by atoms with Gasteiger partial charge in [-0.1, -0.05) is 287 Å². The Labute approximate surface area is 430 Å². The lowest BCUT2D eigenvalue weighted by atomic mass is 10.0. The number of esters is 2. The third kappa shape index (κ3) is 58.3. The first kappa shape index (κ1) is 66.9. The molecule has 1 N–H and O–H groups in total. The number of rotatable bonds is 57. The maximum atomic E-state index is 12.3. The highest BCUT2D eigenvalue weighted by atomic mass is 16.6. The Balaban J connectivity index is 3.40. The summed E-state index contributed by atoms with van der Waals surface area (Å²) in [6, 6.07) is 0. The smallest absolute Gasteiger partial charge is 0.306 e. The van der Waals surface area contributed by atoms with E-state index in [-0.39, 0.29) is 25.2 Å². The number of allylic oxidation sites excluding steroid dienone is 8. The molecule has 5 nitrogen and oxygen atoms in total. The van der Waals surface area contributed by atoms with Crippen molar-refractivity contribution in [3.05, 3.63) is 48.6 Å². The lowest BCUT2D eigenvalue weighted by molar-refractivity contribution is -0.161. The number of carbonyl (C=O) groups excluding carboxylic acids is 2. The topological polar surface area (TPSA) is 72.8 Å². The van der Waals surface area contributed by atoms with Gasteiger partial charge in [-0.25, -0.2) is 0 Å². The van der Waals surface area contributed by atoms with E-state index >= 15 is 0 Å². The first-order valence-electron chi connectivity index (χ1n) is 30.7. The van der Waals surface area contributed by atoms with Gasteiger partial charge in [0, 0.05) is 12.8 Å². The molecule has 1 unspecified atom stereocenters.